The van der Waals surface area contributed by atoms with Crippen LogP contribution in [0, 0.1) is 11.3 Å². The van der Waals surface area contributed by atoms with Gasteiger partial charge < -0.3 is 4.74 Å². The molecule has 0 aliphatic rings. The lowest BCUT2D eigenvalue weighted by Crippen LogP contribution is -1.98. The third-order valence-electron chi connectivity index (χ3n) is 2.74. The largest absolute Gasteiger partial charge is 0.487 e. The van der Waals surface area contributed by atoms with Gasteiger partial charge in [0.15, 0.2) is 0 Å². The molecule has 0 fully saturated rings. The topological polar surface area (TPSA) is 33.0 Å². The lowest BCUT2D eigenvalue weighted by atomic mass is 10.2. The van der Waals surface area contributed by atoms with Gasteiger partial charge in [-0.15, -0.1) is 11.8 Å². The number of ether oxygens (including phenoxy) is 1. The van der Waals surface area contributed by atoms with Crippen LogP contribution in [0.3, 0.4) is 0 Å². The lowest BCUT2D eigenvalue weighted by molar-refractivity contribution is 0.304. The van der Waals surface area contributed by atoms with Crippen LogP contribution in [0.2, 0.25) is 5.02 Å². The molecule has 0 amide bonds. The number of nitriles is 1. The van der Waals surface area contributed by atoms with E-state index in [2.05, 4.69) is 13.0 Å². The molecule has 0 unspecified atom stereocenters. The fourth-order valence-electron chi connectivity index (χ4n) is 1.79. The van der Waals surface area contributed by atoms with Gasteiger partial charge in [0.2, 0.25) is 0 Å². The van der Waals surface area contributed by atoms with Crippen LogP contribution < -0.4 is 4.74 Å². The molecule has 0 saturated carbocycles. The third kappa shape index (κ3) is 3.47. The van der Waals surface area contributed by atoms with E-state index in [4.69, 9.17) is 16.3 Å². The fourth-order valence-corrected chi connectivity index (χ4v) is 2.75. The Morgan fingerprint density at radius 2 is 2.00 bits per heavy atom. The predicted molar refractivity (Wildman–Crippen MR) is 83.3 cm³/mol. The standard InChI is InChI=1S/C16H14ClNOS/c1-2-20-16-9-5-8-15(13(16)10-18)19-11-12-6-3-4-7-14(12)17/h3-9H,2,11H2,1H3. The quantitative estimate of drug-likeness (QED) is 0.736. The SMILES string of the molecule is CCSc1cccc(OCc2ccccc2Cl)c1C#N. The zero-order valence-electron chi connectivity index (χ0n) is 11.1. The molecule has 0 spiro atoms. The van der Waals surface area contributed by atoms with Crippen LogP contribution in [0.15, 0.2) is 47.4 Å². The van der Waals surface area contributed by atoms with E-state index >= 15 is 0 Å². The van der Waals surface area contributed by atoms with E-state index in [-0.39, 0.29) is 0 Å². The zero-order chi connectivity index (χ0) is 14.4. The molecule has 0 aromatic heterocycles. The van der Waals surface area contributed by atoms with Gasteiger partial charge in [-0.1, -0.05) is 42.8 Å². The second-order valence-electron chi connectivity index (χ2n) is 4.05. The monoisotopic (exact) mass is 303 g/mol. The average molecular weight is 304 g/mol. The molecule has 0 radical (unpaired) electrons. The van der Waals surface area contributed by atoms with Crippen molar-refractivity contribution in [3.63, 3.8) is 0 Å². The molecule has 102 valence electrons. The van der Waals surface area contributed by atoms with Crippen molar-refractivity contribution in [3.05, 3.63) is 58.6 Å². The third-order valence-corrected chi connectivity index (χ3v) is 4.05. The first-order valence-corrected chi connectivity index (χ1v) is 7.64. The molecule has 0 aliphatic carbocycles. The Morgan fingerprint density at radius 3 is 2.70 bits per heavy atom. The van der Waals surface area contributed by atoms with Crippen LogP contribution in [0.25, 0.3) is 0 Å². The second kappa shape index (κ2) is 7.23. The molecular weight excluding hydrogens is 290 g/mol. The number of hydrogen-bond donors (Lipinski definition) is 0. The summed E-state index contributed by atoms with van der Waals surface area (Å²) in [6.07, 6.45) is 0. The molecular formula is C16H14ClNOS. The molecule has 0 bridgehead atoms. The molecule has 2 aromatic carbocycles. The van der Waals surface area contributed by atoms with E-state index in [1.807, 2.05) is 42.5 Å². The molecule has 2 aromatic rings. The molecule has 0 saturated heterocycles. The lowest BCUT2D eigenvalue weighted by Gasteiger charge is -2.11. The molecule has 2 nitrogen and oxygen atoms in total. The van der Waals surface area contributed by atoms with Gasteiger partial charge in [-0.3, -0.25) is 0 Å². The molecule has 2 rings (SSSR count). The van der Waals surface area contributed by atoms with Crippen molar-refractivity contribution in [1.82, 2.24) is 0 Å². The fraction of sp³-hybridized carbons (Fsp3) is 0.188. The Labute approximate surface area is 128 Å². The van der Waals surface area contributed by atoms with E-state index < -0.39 is 0 Å². The summed E-state index contributed by atoms with van der Waals surface area (Å²) in [5.41, 5.74) is 1.50. The molecule has 0 heterocycles. The van der Waals surface area contributed by atoms with Gasteiger partial charge >= 0.3 is 0 Å². The van der Waals surface area contributed by atoms with Crippen molar-refractivity contribution < 1.29 is 4.74 Å². The van der Waals surface area contributed by atoms with Gasteiger partial charge in [-0.25, -0.2) is 0 Å². The molecule has 0 aliphatic heterocycles. The predicted octanol–water partition coefficient (Wildman–Crippen LogP) is 4.90. The molecule has 20 heavy (non-hydrogen) atoms. The van der Waals surface area contributed by atoms with Crippen molar-refractivity contribution >= 4 is 23.4 Å². The van der Waals surface area contributed by atoms with Crippen molar-refractivity contribution in [1.29, 1.82) is 5.26 Å². The first-order chi connectivity index (χ1) is 9.76. The van der Waals surface area contributed by atoms with Crippen LogP contribution >= 0.6 is 23.4 Å². The highest BCUT2D eigenvalue weighted by molar-refractivity contribution is 7.99. The second-order valence-corrected chi connectivity index (χ2v) is 5.77. The zero-order valence-corrected chi connectivity index (χ0v) is 12.7. The normalized spacial score (nSPS) is 10.1. The number of thioether (sulfide) groups is 1. The summed E-state index contributed by atoms with van der Waals surface area (Å²) >= 11 is 7.73. The molecule has 0 atom stereocenters. The van der Waals surface area contributed by atoms with Crippen molar-refractivity contribution in [2.45, 2.75) is 18.4 Å². The molecule has 0 N–H and O–H groups in total. The van der Waals surface area contributed by atoms with E-state index in [0.717, 1.165) is 16.2 Å². The molecule has 4 heteroatoms. The van der Waals surface area contributed by atoms with Crippen LogP contribution in [-0.2, 0) is 6.61 Å². The Kier molecular flexibility index (Phi) is 5.34. The summed E-state index contributed by atoms with van der Waals surface area (Å²) in [6, 6.07) is 15.4. The minimum atomic E-state index is 0.356. The number of hydrogen-bond acceptors (Lipinski definition) is 3. The minimum absolute atomic E-state index is 0.356. The number of nitrogens with zero attached hydrogens (tertiary/aromatic N) is 1. The van der Waals surface area contributed by atoms with E-state index in [0.29, 0.717) is 22.9 Å². The Balaban J connectivity index is 2.20. The number of halogens is 1. The summed E-state index contributed by atoms with van der Waals surface area (Å²) in [7, 11) is 0. The van der Waals surface area contributed by atoms with Crippen molar-refractivity contribution in [2.24, 2.45) is 0 Å². The van der Waals surface area contributed by atoms with E-state index in [1.54, 1.807) is 11.8 Å². The highest BCUT2D eigenvalue weighted by Gasteiger charge is 2.10. The van der Waals surface area contributed by atoms with Gasteiger partial charge in [0, 0.05) is 15.5 Å². The van der Waals surface area contributed by atoms with Gasteiger partial charge in [0.05, 0.1) is 0 Å². The first-order valence-electron chi connectivity index (χ1n) is 6.28. The van der Waals surface area contributed by atoms with E-state index in [1.165, 1.54) is 0 Å². The summed E-state index contributed by atoms with van der Waals surface area (Å²) in [4.78, 5) is 0.951. The van der Waals surface area contributed by atoms with Gasteiger partial charge in [-0.05, 0) is 24.0 Å². The minimum Gasteiger partial charge on any atom is -0.487 e. The maximum absolute atomic E-state index is 9.31. The van der Waals surface area contributed by atoms with Crippen LogP contribution in [0.4, 0.5) is 0 Å². The smallest absolute Gasteiger partial charge is 0.138 e. The summed E-state index contributed by atoms with van der Waals surface area (Å²) in [5.74, 6) is 1.52. The summed E-state index contributed by atoms with van der Waals surface area (Å²) < 4.78 is 5.76. The average Bonchev–Trinajstić information content (AvgIpc) is 2.47. The van der Waals surface area contributed by atoms with E-state index in [9.17, 15) is 5.26 Å². The van der Waals surface area contributed by atoms with Gasteiger partial charge in [0.25, 0.3) is 0 Å². The Hall–Kier alpha value is -1.63. The van der Waals surface area contributed by atoms with Gasteiger partial charge in [-0.2, -0.15) is 5.26 Å². The van der Waals surface area contributed by atoms with Crippen molar-refractivity contribution in [2.75, 3.05) is 5.75 Å². The summed E-state index contributed by atoms with van der Waals surface area (Å²) in [6.45, 7) is 2.41. The highest BCUT2D eigenvalue weighted by atomic mass is 35.5. The van der Waals surface area contributed by atoms with Crippen LogP contribution in [-0.4, -0.2) is 5.75 Å². The van der Waals surface area contributed by atoms with Gasteiger partial charge in [0.1, 0.15) is 24.0 Å². The first kappa shape index (κ1) is 14.8. The maximum Gasteiger partial charge on any atom is 0.138 e. The number of benzene rings is 2. The Morgan fingerprint density at radius 1 is 1.20 bits per heavy atom. The highest BCUT2D eigenvalue weighted by Crippen LogP contribution is 2.30. The summed E-state index contributed by atoms with van der Waals surface area (Å²) in [5, 5.41) is 9.98. The Bertz CT molecular complexity index is 637. The maximum atomic E-state index is 9.31. The number of rotatable bonds is 5. The van der Waals surface area contributed by atoms with Crippen LogP contribution in [0.5, 0.6) is 5.75 Å². The van der Waals surface area contributed by atoms with Crippen molar-refractivity contribution in [3.8, 4) is 11.8 Å². The van der Waals surface area contributed by atoms with Crippen LogP contribution in [0.1, 0.15) is 18.1 Å².